The van der Waals surface area contributed by atoms with Crippen molar-refractivity contribution < 1.29 is 9.53 Å². The van der Waals surface area contributed by atoms with Crippen LogP contribution in [0.25, 0.3) is 0 Å². The maximum Gasteiger partial charge on any atom is 0.309 e. The van der Waals surface area contributed by atoms with Crippen LogP contribution in [-0.4, -0.2) is 24.6 Å². The molecule has 3 heteroatoms. The van der Waals surface area contributed by atoms with Crippen molar-refractivity contribution in [2.75, 3.05) is 18.6 Å². The van der Waals surface area contributed by atoms with E-state index in [2.05, 4.69) is 18.6 Å². The Labute approximate surface area is 91.8 Å². The van der Waals surface area contributed by atoms with Gasteiger partial charge in [0.15, 0.2) is 0 Å². The molecular formula is C11H22O2S. The Morgan fingerprint density at radius 1 is 1.36 bits per heavy atom. The molecule has 0 saturated carbocycles. The van der Waals surface area contributed by atoms with E-state index in [1.54, 1.807) is 0 Å². The van der Waals surface area contributed by atoms with Crippen LogP contribution in [0, 0.1) is 11.8 Å². The average molecular weight is 218 g/mol. The van der Waals surface area contributed by atoms with Gasteiger partial charge in [0, 0.05) is 5.75 Å². The summed E-state index contributed by atoms with van der Waals surface area (Å²) < 4.78 is 4.65. The summed E-state index contributed by atoms with van der Waals surface area (Å²) in [5.41, 5.74) is 0. The van der Waals surface area contributed by atoms with E-state index in [9.17, 15) is 4.79 Å². The lowest BCUT2D eigenvalue weighted by Crippen LogP contribution is -2.15. The summed E-state index contributed by atoms with van der Waals surface area (Å²) in [6, 6.07) is 0. The quantitative estimate of drug-likeness (QED) is 0.485. The third-order valence-electron chi connectivity index (χ3n) is 2.04. The summed E-state index contributed by atoms with van der Waals surface area (Å²) in [4.78, 5) is 11.0. The standard InChI is InChI=1S/C11H22O2S/c1-9(2)6-5-7-14-8-10(3)11(12)13-4/h9-10H,5-8H2,1-4H3. The molecule has 1 atom stereocenters. The zero-order chi connectivity index (χ0) is 11.0. The van der Waals surface area contributed by atoms with Crippen LogP contribution in [0.15, 0.2) is 0 Å². The van der Waals surface area contributed by atoms with Gasteiger partial charge in [-0.3, -0.25) is 4.79 Å². The second kappa shape index (κ2) is 8.16. The van der Waals surface area contributed by atoms with Gasteiger partial charge in [0.2, 0.25) is 0 Å². The van der Waals surface area contributed by atoms with E-state index in [1.807, 2.05) is 18.7 Å². The Morgan fingerprint density at radius 3 is 2.50 bits per heavy atom. The lowest BCUT2D eigenvalue weighted by molar-refractivity contribution is -0.143. The largest absolute Gasteiger partial charge is 0.469 e. The van der Waals surface area contributed by atoms with Gasteiger partial charge in [0.1, 0.15) is 0 Å². The number of rotatable bonds is 7. The summed E-state index contributed by atoms with van der Waals surface area (Å²) in [5, 5.41) is 0. The Bertz CT molecular complexity index is 157. The minimum absolute atomic E-state index is 0.0315. The number of carbonyl (C=O) groups is 1. The van der Waals surface area contributed by atoms with Gasteiger partial charge < -0.3 is 4.74 Å². The third-order valence-corrected chi connectivity index (χ3v) is 3.35. The van der Waals surface area contributed by atoms with Crippen molar-refractivity contribution in [2.45, 2.75) is 33.6 Å². The first kappa shape index (κ1) is 13.8. The van der Waals surface area contributed by atoms with E-state index < -0.39 is 0 Å². The van der Waals surface area contributed by atoms with Crippen molar-refractivity contribution in [1.82, 2.24) is 0 Å². The molecule has 0 bridgehead atoms. The number of methoxy groups -OCH3 is 1. The predicted molar refractivity (Wildman–Crippen MR) is 62.6 cm³/mol. The summed E-state index contributed by atoms with van der Waals surface area (Å²) in [6.45, 7) is 6.39. The number of hydrogen-bond donors (Lipinski definition) is 0. The highest BCUT2D eigenvalue weighted by Crippen LogP contribution is 2.13. The molecule has 0 heterocycles. The molecule has 84 valence electrons. The lowest BCUT2D eigenvalue weighted by atomic mass is 10.1. The first-order valence-electron chi connectivity index (χ1n) is 5.23. The number of ether oxygens (including phenoxy) is 1. The van der Waals surface area contributed by atoms with Crippen LogP contribution in [-0.2, 0) is 9.53 Å². The molecule has 0 aliphatic rings. The van der Waals surface area contributed by atoms with E-state index in [-0.39, 0.29) is 11.9 Å². The highest BCUT2D eigenvalue weighted by atomic mass is 32.2. The number of hydrogen-bond acceptors (Lipinski definition) is 3. The van der Waals surface area contributed by atoms with Crippen molar-refractivity contribution in [2.24, 2.45) is 11.8 Å². The number of thioether (sulfide) groups is 1. The zero-order valence-electron chi connectivity index (χ0n) is 9.71. The van der Waals surface area contributed by atoms with Crippen LogP contribution >= 0.6 is 11.8 Å². The fourth-order valence-corrected chi connectivity index (χ4v) is 2.15. The van der Waals surface area contributed by atoms with E-state index in [1.165, 1.54) is 20.0 Å². The van der Waals surface area contributed by atoms with Crippen LogP contribution in [0.1, 0.15) is 33.6 Å². The fourth-order valence-electron chi connectivity index (χ4n) is 1.12. The third kappa shape index (κ3) is 7.25. The van der Waals surface area contributed by atoms with Crippen LogP contribution in [0.3, 0.4) is 0 Å². The first-order chi connectivity index (χ1) is 6.57. The van der Waals surface area contributed by atoms with Crippen molar-refractivity contribution >= 4 is 17.7 Å². The van der Waals surface area contributed by atoms with Crippen LogP contribution in [0.5, 0.6) is 0 Å². The Kier molecular flexibility index (Phi) is 8.05. The SMILES string of the molecule is COC(=O)C(C)CSCCCC(C)C. The first-order valence-corrected chi connectivity index (χ1v) is 6.39. The normalized spacial score (nSPS) is 12.9. The van der Waals surface area contributed by atoms with Crippen molar-refractivity contribution in [3.63, 3.8) is 0 Å². The monoisotopic (exact) mass is 218 g/mol. The van der Waals surface area contributed by atoms with E-state index >= 15 is 0 Å². The molecule has 0 aromatic rings. The average Bonchev–Trinajstić information content (AvgIpc) is 2.15. The summed E-state index contributed by atoms with van der Waals surface area (Å²) in [6.07, 6.45) is 2.52. The molecule has 1 unspecified atom stereocenters. The summed E-state index contributed by atoms with van der Waals surface area (Å²) >= 11 is 1.85. The second-order valence-electron chi connectivity index (χ2n) is 4.04. The van der Waals surface area contributed by atoms with Crippen molar-refractivity contribution in [3.05, 3.63) is 0 Å². The van der Waals surface area contributed by atoms with Crippen molar-refractivity contribution in [1.29, 1.82) is 0 Å². The van der Waals surface area contributed by atoms with E-state index in [0.29, 0.717) is 0 Å². The smallest absolute Gasteiger partial charge is 0.309 e. The maximum absolute atomic E-state index is 11.0. The Balaban J connectivity index is 3.31. The second-order valence-corrected chi connectivity index (χ2v) is 5.19. The van der Waals surface area contributed by atoms with Gasteiger partial charge in [0.25, 0.3) is 0 Å². The minimum atomic E-state index is -0.0960. The maximum atomic E-state index is 11.0. The molecule has 0 amide bonds. The Hall–Kier alpha value is -0.180. The predicted octanol–water partition coefficient (Wildman–Crippen LogP) is 2.96. The van der Waals surface area contributed by atoms with Gasteiger partial charge in [-0.25, -0.2) is 0 Å². The number of esters is 1. The molecule has 14 heavy (non-hydrogen) atoms. The molecule has 0 fully saturated rings. The molecule has 0 aliphatic carbocycles. The van der Waals surface area contributed by atoms with Crippen LogP contribution < -0.4 is 0 Å². The molecule has 0 spiro atoms. The fraction of sp³-hybridized carbons (Fsp3) is 0.909. The van der Waals surface area contributed by atoms with Gasteiger partial charge in [-0.2, -0.15) is 11.8 Å². The molecule has 0 aromatic heterocycles. The summed E-state index contributed by atoms with van der Waals surface area (Å²) in [5.74, 6) is 2.75. The highest BCUT2D eigenvalue weighted by Gasteiger charge is 2.12. The lowest BCUT2D eigenvalue weighted by Gasteiger charge is -2.08. The molecule has 0 N–H and O–H groups in total. The van der Waals surface area contributed by atoms with E-state index in [0.717, 1.165) is 17.4 Å². The van der Waals surface area contributed by atoms with Gasteiger partial charge >= 0.3 is 5.97 Å². The van der Waals surface area contributed by atoms with Gasteiger partial charge in [-0.1, -0.05) is 27.2 Å². The molecule has 0 radical (unpaired) electrons. The Morgan fingerprint density at radius 2 is 2.00 bits per heavy atom. The highest BCUT2D eigenvalue weighted by molar-refractivity contribution is 7.99. The topological polar surface area (TPSA) is 26.3 Å². The molecule has 0 aliphatic heterocycles. The summed E-state index contributed by atoms with van der Waals surface area (Å²) in [7, 11) is 1.45. The van der Waals surface area contributed by atoms with Gasteiger partial charge in [-0.05, 0) is 18.1 Å². The van der Waals surface area contributed by atoms with Gasteiger partial charge in [-0.15, -0.1) is 0 Å². The van der Waals surface area contributed by atoms with E-state index in [4.69, 9.17) is 0 Å². The zero-order valence-corrected chi connectivity index (χ0v) is 10.5. The molecule has 0 saturated heterocycles. The van der Waals surface area contributed by atoms with Crippen LogP contribution in [0.2, 0.25) is 0 Å². The van der Waals surface area contributed by atoms with Crippen LogP contribution in [0.4, 0.5) is 0 Å². The molecule has 0 rings (SSSR count). The molecule has 0 aromatic carbocycles. The number of carbonyl (C=O) groups excluding carboxylic acids is 1. The van der Waals surface area contributed by atoms with Crippen molar-refractivity contribution in [3.8, 4) is 0 Å². The molecule has 2 nitrogen and oxygen atoms in total. The minimum Gasteiger partial charge on any atom is -0.469 e. The molecular weight excluding hydrogens is 196 g/mol. The van der Waals surface area contributed by atoms with Gasteiger partial charge in [0.05, 0.1) is 13.0 Å².